The van der Waals surface area contributed by atoms with Crippen LogP contribution in [0, 0.1) is 0 Å². The molecule has 0 saturated carbocycles. The van der Waals surface area contributed by atoms with Crippen LogP contribution in [-0.4, -0.2) is 28.6 Å². The molecular formula is C16H21IN4O4S. The van der Waals surface area contributed by atoms with Gasteiger partial charge in [0.2, 0.25) is 10.0 Å². The van der Waals surface area contributed by atoms with Crippen molar-refractivity contribution in [2.24, 2.45) is 15.9 Å². The van der Waals surface area contributed by atoms with Gasteiger partial charge in [0, 0.05) is 11.8 Å². The van der Waals surface area contributed by atoms with Crippen LogP contribution in [0.4, 0.5) is 5.69 Å². The van der Waals surface area contributed by atoms with E-state index in [1.54, 1.807) is 44.6 Å². The summed E-state index contributed by atoms with van der Waals surface area (Å²) >= 11 is 0. The lowest BCUT2D eigenvalue weighted by Gasteiger charge is -2.11. The zero-order valence-electron chi connectivity index (χ0n) is 14.3. The number of primary sulfonamides is 1. The maximum Gasteiger partial charge on any atom is 0.238 e. The molecule has 0 radical (unpaired) electrons. The monoisotopic (exact) mass is 492 g/mol. The third-order valence-corrected chi connectivity index (χ3v) is 4.27. The van der Waals surface area contributed by atoms with Crippen molar-refractivity contribution >= 4 is 45.6 Å². The van der Waals surface area contributed by atoms with Gasteiger partial charge in [0.15, 0.2) is 17.5 Å². The number of nitrogens with one attached hydrogen (secondary N) is 1. The molecule has 0 amide bonds. The normalized spacial score (nSPS) is 11.4. The minimum absolute atomic E-state index is 0. The van der Waals surface area contributed by atoms with Crippen LogP contribution in [0.1, 0.15) is 5.56 Å². The Morgan fingerprint density at radius 3 is 2.23 bits per heavy atom. The summed E-state index contributed by atoms with van der Waals surface area (Å²) in [6, 6.07) is 11.4. The van der Waals surface area contributed by atoms with Crippen LogP contribution in [0.5, 0.6) is 11.5 Å². The molecule has 0 saturated heterocycles. The second kappa shape index (κ2) is 9.59. The molecule has 0 aromatic heterocycles. The fourth-order valence-electron chi connectivity index (χ4n) is 2.06. The molecule has 2 rings (SSSR count). The number of anilines is 1. The Bertz CT molecular complexity index is 870. The highest BCUT2D eigenvalue weighted by Gasteiger charge is 2.07. The first-order valence-corrected chi connectivity index (χ1v) is 8.79. The second-order valence-electron chi connectivity index (χ2n) is 5.09. The minimum Gasteiger partial charge on any atom is -0.493 e. The van der Waals surface area contributed by atoms with Crippen LogP contribution in [0.15, 0.2) is 52.4 Å². The van der Waals surface area contributed by atoms with Gasteiger partial charge in [0.05, 0.1) is 25.7 Å². The number of methoxy groups -OCH3 is 2. The minimum atomic E-state index is -3.70. The van der Waals surface area contributed by atoms with E-state index in [0.717, 1.165) is 5.56 Å². The van der Waals surface area contributed by atoms with E-state index in [0.29, 0.717) is 17.2 Å². The van der Waals surface area contributed by atoms with Crippen molar-refractivity contribution in [1.82, 2.24) is 0 Å². The van der Waals surface area contributed by atoms with E-state index < -0.39 is 10.0 Å². The fourth-order valence-corrected chi connectivity index (χ4v) is 2.58. The maximum atomic E-state index is 11.2. The lowest BCUT2D eigenvalue weighted by molar-refractivity contribution is 0.355. The van der Waals surface area contributed by atoms with Crippen molar-refractivity contribution in [1.29, 1.82) is 0 Å². The molecule has 0 spiro atoms. The largest absolute Gasteiger partial charge is 0.493 e. The summed E-state index contributed by atoms with van der Waals surface area (Å²) in [5.74, 6) is 1.39. The number of hydrogen-bond acceptors (Lipinski definition) is 5. The van der Waals surface area contributed by atoms with Crippen molar-refractivity contribution < 1.29 is 17.9 Å². The Morgan fingerprint density at radius 1 is 1.08 bits per heavy atom. The van der Waals surface area contributed by atoms with Gasteiger partial charge in [-0.05, 0) is 29.8 Å². The molecule has 0 fully saturated rings. The molecule has 0 aliphatic heterocycles. The summed E-state index contributed by atoms with van der Waals surface area (Å²) < 4.78 is 32.8. The molecule has 142 valence electrons. The van der Waals surface area contributed by atoms with Gasteiger partial charge >= 0.3 is 0 Å². The highest BCUT2D eigenvalue weighted by Crippen LogP contribution is 2.29. The van der Waals surface area contributed by atoms with Gasteiger partial charge < -0.3 is 20.5 Å². The summed E-state index contributed by atoms with van der Waals surface area (Å²) in [7, 11) is -0.596. The lowest BCUT2D eigenvalue weighted by atomic mass is 10.2. The van der Waals surface area contributed by atoms with Gasteiger partial charge in [0.1, 0.15) is 0 Å². The first-order chi connectivity index (χ1) is 11.8. The Labute approximate surface area is 169 Å². The first kappa shape index (κ1) is 22.0. The molecule has 26 heavy (non-hydrogen) atoms. The van der Waals surface area contributed by atoms with Crippen LogP contribution in [0.3, 0.4) is 0 Å². The SMILES string of the molecule is COc1ccc(NC(N)=NCc2ccc(S(N)(=O)=O)cc2)cc1OC.I. The number of halogens is 1. The van der Waals surface area contributed by atoms with Crippen LogP contribution in [-0.2, 0) is 16.6 Å². The number of benzene rings is 2. The predicted octanol–water partition coefficient (Wildman–Crippen LogP) is 1.90. The second-order valence-corrected chi connectivity index (χ2v) is 6.65. The number of guanidine groups is 1. The molecule has 0 aliphatic rings. The van der Waals surface area contributed by atoms with Gasteiger partial charge in [0.25, 0.3) is 0 Å². The number of nitrogens with two attached hydrogens (primary N) is 2. The van der Waals surface area contributed by atoms with E-state index in [4.69, 9.17) is 20.3 Å². The molecule has 10 heteroatoms. The first-order valence-electron chi connectivity index (χ1n) is 7.24. The summed E-state index contributed by atoms with van der Waals surface area (Å²) in [6.07, 6.45) is 0. The number of rotatable bonds is 6. The van der Waals surface area contributed by atoms with Crippen LogP contribution < -0.4 is 25.7 Å². The highest BCUT2D eigenvalue weighted by atomic mass is 127. The predicted molar refractivity (Wildman–Crippen MR) is 112 cm³/mol. The molecule has 0 unspecified atom stereocenters. The van der Waals surface area contributed by atoms with E-state index in [2.05, 4.69) is 10.3 Å². The van der Waals surface area contributed by atoms with Gasteiger partial charge in [-0.25, -0.2) is 18.5 Å². The third-order valence-electron chi connectivity index (χ3n) is 3.34. The number of sulfonamides is 1. The molecule has 0 atom stereocenters. The third kappa shape index (κ3) is 6.04. The van der Waals surface area contributed by atoms with Crippen molar-refractivity contribution in [3.8, 4) is 11.5 Å². The zero-order valence-corrected chi connectivity index (χ0v) is 17.4. The summed E-state index contributed by atoms with van der Waals surface area (Å²) in [5, 5.41) is 8.00. The van der Waals surface area contributed by atoms with Crippen LogP contribution >= 0.6 is 24.0 Å². The molecule has 2 aromatic carbocycles. The molecule has 0 aliphatic carbocycles. The van der Waals surface area contributed by atoms with Crippen molar-refractivity contribution in [2.45, 2.75) is 11.4 Å². The number of ether oxygens (including phenoxy) is 2. The molecule has 8 nitrogen and oxygen atoms in total. The highest BCUT2D eigenvalue weighted by molar-refractivity contribution is 14.0. The average molecular weight is 492 g/mol. The Morgan fingerprint density at radius 2 is 1.69 bits per heavy atom. The lowest BCUT2D eigenvalue weighted by Crippen LogP contribution is -2.22. The van der Waals surface area contributed by atoms with Crippen molar-refractivity contribution in [2.75, 3.05) is 19.5 Å². The Hall–Kier alpha value is -2.05. The smallest absolute Gasteiger partial charge is 0.238 e. The summed E-state index contributed by atoms with van der Waals surface area (Å²) in [6.45, 7) is 0.289. The number of nitrogens with zero attached hydrogens (tertiary/aromatic N) is 1. The van der Waals surface area contributed by atoms with Crippen molar-refractivity contribution in [3.05, 3.63) is 48.0 Å². The van der Waals surface area contributed by atoms with E-state index in [-0.39, 0.29) is 41.4 Å². The van der Waals surface area contributed by atoms with Gasteiger partial charge in [-0.2, -0.15) is 0 Å². The standard InChI is InChI=1S/C16H20N4O4S.HI/c1-23-14-8-5-12(9-15(14)24-2)20-16(17)19-10-11-3-6-13(7-4-11)25(18,21)22;/h3-9H,10H2,1-2H3,(H3,17,19,20)(H2,18,21,22);1H. The van der Waals surface area contributed by atoms with Gasteiger partial charge in [-0.1, -0.05) is 12.1 Å². The molecule has 0 heterocycles. The van der Waals surface area contributed by atoms with E-state index in [1.807, 2.05) is 0 Å². The van der Waals surface area contributed by atoms with E-state index in [1.165, 1.54) is 12.1 Å². The van der Waals surface area contributed by atoms with Crippen molar-refractivity contribution in [3.63, 3.8) is 0 Å². The number of hydrogen-bond donors (Lipinski definition) is 3. The van der Waals surface area contributed by atoms with Crippen LogP contribution in [0.2, 0.25) is 0 Å². The molecular weight excluding hydrogens is 471 g/mol. The fraction of sp³-hybridized carbons (Fsp3) is 0.188. The van der Waals surface area contributed by atoms with Gasteiger partial charge in [-0.3, -0.25) is 0 Å². The molecule has 5 N–H and O–H groups in total. The Kier molecular flexibility index (Phi) is 8.11. The molecule has 0 bridgehead atoms. The quantitative estimate of drug-likeness (QED) is 0.321. The topological polar surface area (TPSA) is 129 Å². The summed E-state index contributed by atoms with van der Waals surface area (Å²) in [5.41, 5.74) is 7.36. The van der Waals surface area contributed by atoms with E-state index >= 15 is 0 Å². The zero-order chi connectivity index (χ0) is 18.4. The van der Waals surface area contributed by atoms with E-state index in [9.17, 15) is 8.42 Å². The van der Waals surface area contributed by atoms with Gasteiger partial charge in [-0.15, -0.1) is 24.0 Å². The Balaban J connectivity index is 0.00000338. The average Bonchev–Trinajstić information content (AvgIpc) is 2.59. The summed E-state index contributed by atoms with van der Waals surface area (Å²) in [4.78, 5) is 4.26. The van der Waals surface area contributed by atoms with Crippen LogP contribution in [0.25, 0.3) is 0 Å². The number of aliphatic imine (C=N–C) groups is 1. The molecule has 2 aromatic rings. The maximum absolute atomic E-state index is 11.2.